The molecular weight excluding hydrogens is 289 g/mol. The molecule has 1 N–H and O–H groups in total. The van der Waals surface area contributed by atoms with E-state index in [2.05, 4.69) is 11.3 Å². The molecule has 0 saturated heterocycles. The van der Waals surface area contributed by atoms with Crippen molar-refractivity contribution in [2.24, 2.45) is 0 Å². The number of rotatable bonds is 6. The highest BCUT2D eigenvalue weighted by Crippen LogP contribution is 2.32. The van der Waals surface area contributed by atoms with Crippen LogP contribution in [0.5, 0.6) is 0 Å². The molecule has 1 aromatic rings. The molecule has 0 saturated carbocycles. The summed E-state index contributed by atoms with van der Waals surface area (Å²) in [7, 11) is 1.52. The third-order valence-electron chi connectivity index (χ3n) is 3.33. The van der Waals surface area contributed by atoms with Gasteiger partial charge in [-0.2, -0.15) is 0 Å². The van der Waals surface area contributed by atoms with Gasteiger partial charge in [-0.1, -0.05) is 24.3 Å². The van der Waals surface area contributed by atoms with Gasteiger partial charge in [0.2, 0.25) is 0 Å². The van der Waals surface area contributed by atoms with E-state index in [0.29, 0.717) is 5.56 Å². The summed E-state index contributed by atoms with van der Waals surface area (Å²) in [5.41, 5.74) is -0.589. The Labute approximate surface area is 129 Å². The van der Waals surface area contributed by atoms with Crippen LogP contribution in [0.2, 0.25) is 0 Å². The molecule has 1 aromatic carbocycles. The minimum absolute atomic E-state index is 0.373. The number of hydrogen-bond acceptors (Lipinski definition) is 3. The molecule has 0 spiro atoms. The first-order valence-corrected chi connectivity index (χ1v) is 7.92. The van der Waals surface area contributed by atoms with Gasteiger partial charge >= 0.3 is 0 Å². The molecule has 0 bridgehead atoms. The van der Waals surface area contributed by atoms with Crippen LogP contribution in [-0.2, 0) is 21.6 Å². The number of methoxy groups -OCH3 is 1. The van der Waals surface area contributed by atoms with Gasteiger partial charge in [-0.25, -0.2) is 4.39 Å². The maximum absolute atomic E-state index is 14.2. The summed E-state index contributed by atoms with van der Waals surface area (Å²) in [4.78, 5) is 0. The summed E-state index contributed by atoms with van der Waals surface area (Å²) in [6.45, 7) is 11.1. The average Bonchev–Trinajstić information content (AvgIpc) is 2.39. The Hall–Kier alpha value is -0.880. The van der Waals surface area contributed by atoms with Crippen LogP contribution in [0.15, 0.2) is 36.9 Å². The van der Waals surface area contributed by atoms with E-state index in [-0.39, 0.29) is 5.82 Å². The minimum atomic E-state index is -1.38. The van der Waals surface area contributed by atoms with Gasteiger partial charge in [-0.3, -0.25) is 0 Å². The second-order valence-electron chi connectivity index (χ2n) is 6.06. The van der Waals surface area contributed by atoms with Gasteiger partial charge in [0.15, 0.2) is 0 Å². The first kappa shape index (κ1) is 18.2. The van der Waals surface area contributed by atoms with Crippen LogP contribution < -0.4 is 4.72 Å². The Morgan fingerprint density at radius 3 is 2.33 bits per heavy atom. The monoisotopic (exact) mass is 313 g/mol. The fraction of sp³-hybridized carbons (Fsp3) is 0.500. The Balaban J connectivity index is 3.31. The summed E-state index contributed by atoms with van der Waals surface area (Å²) in [5, 5.41) is 0. The molecule has 0 heterocycles. The number of halogens is 1. The summed E-state index contributed by atoms with van der Waals surface area (Å²) >= 11 is -1.38. The fourth-order valence-corrected chi connectivity index (χ4v) is 2.98. The van der Waals surface area contributed by atoms with Crippen LogP contribution >= 0.6 is 0 Å². The molecule has 1 rings (SSSR count). The number of benzene rings is 1. The van der Waals surface area contributed by atoms with Gasteiger partial charge in [0, 0.05) is 24.0 Å². The number of nitrogens with one attached hydrogen (secondary N) is 1. The van der Waals surface area contributed by atoms with Crippen molar-refractivity contribution in [2.45, 2.75) is 44.1 Å². The van der Waals surface area contributed by atoms with Crippen LogP contribution in [0.3, 0.4) is 0 Å². The van der Waals surface area contributed by atoms with E-state index in [1.807, 2.05) is 20.8 Å². The molecule has 3 nitrogen and oxygen atoms in total. The van der Waals surface area contributed by atoms with Crippen molar-refractivity contribution in [2.75, 3.05) is 7.11 Å². The van der Waals surface area contributed by atoms with Gasteiger partial charge in [0.25, 0.3) is 0 Å². The number of hydrogen-bond donors (Lipinski definition) is 1. The van der Waals surface area contributed by atoms with E-state index in [1.54, 1.807) is 31.2 Å². The summed E-state index contributed by atoms with van der Waals surface area (Å²) in [5.74, 6) is -0.373. The van der Waals surface area contributed by atoms with Crippen molar-refractivity contribution in [3.8, 4) is 0 Å². The largest absolute Gasteiger partial charge is 0.598 e. The summed E-state index contributed by atoms with van der Waals surface area (Å²) in [6.07, 6.45) is 1.06. The summed E-state index contributed by atoms with van der Waals surface area (Å²) < 4.78 is 34.7. The lowest BCUT2D eigenvalue weighted by atomic mass is 9.87. The first-order valence-electron chi connectivity index (χ1n) is 6.77. The smallest absolute Gasteiger partial charge is 0.136 e. The molecule has 3 atom stereocenters. The third kappa shape index (κ3) is 4.07. The lowest BCUT2D eigenvalue weighted by Crippen LogP contribution is -2.56. The van der Waals surface area contributed by atoms with Gasteiger partial charge in [0.05, 0.1) is 0 Å². The molecule has 118 valence electrons. The van der Waals surface area contributed by atoms with E-state index >= 15 is 0 Å². The lowest BCUT2D eigenvalue weighted by molar-refractivity contribution is 0.0677. The highest BCUT2D eigenvalue weighted by molar-refractivity contribution is 7.90. The molecule has 0 radical (unpaired) electrons. The highest BCUT2D eigenvalue weighted by Gasteiger charge is 2.43. The van der Waals surface area contributed by atoms with Crippen LogP contribution in [0.25, 0.3) is 0 Å². The SMILES string of the molecule is C=C[C@H](OC)[C@](C)(N[S+]([O-])C(C)(C)C)c1ccccc1F. The predicted molar refractivity (Wildman–Crippen MR) is 85.8 cm³/mol. The van der Waals surface area contributed by atoms with E-state index in [4.69, 9.17) is 4.74 Å². The third-order valence-corrected chi connectivity index (χ3v) is 5.05. The zero-order valence-electron chi connectivity index (χ0n) is 13.3. The quantitative estimate of drug-likeness (QED) is 0.647. The molecule has 1 unspecified atom stereocenters. The van der Waals surface area contributed by atoms with Crippen molar-refractivity contribution in [3.05, 3.63) is 48.3 Å². The van der Waals surface area contributed by atoms with Gasteiger partial charge in [-0.15, -0.1) is 11.3 Å². The topological polar surface area (TPSA) is 44.3 Å². The molecule has 0 aliphatic rings. The van der Waals surface area contributed by atoms with Crippen LogP contribution in [0, 0.1) is 5.82 Å². The molecule has 0 aliphatic heterocycles. The second kappa shape index (κ2) is 6.92. The van der Waals surface area contributed by atoms with Gasteiger partial charge in [-0.05, 0) is 33.8 Å². The standard InChI is InChI=1S/C16H24FNO2S/c1-7-14(20-6)16(5,18-21(19)15(2,3)4)12-10-8-9-11-13(12)17/h7-11,14,18H,1H2,2-6H3/t14-,16+,21?/m0/s1. The molecule has 0 amide bonds. The molecule has 0 aliphatic carbocycles. The predicted octanol–water partition coefficient (Wildman–Crippen LogP) is 3.29. The van der Waals surface area contributed by atoms with Crippen molar-refractivity contribution in [1.29, 1.82) is 0 Å². The normalized spacial score (nSPS) is 17.9. The van der Waals surface area contributed by atoms with Crippen LogP contribution in [0.4, 0.5) is 4.39 Å². The van der Waals surface area contributed by atoms with E-state index < -0.39 is 27.8 Å². The lowest BCUT2D eigenvalue weighted by Gasteiger charge is -2.38. The van der Waals surface area contributed by atoms with Gasteiger partial charge < -0.3 is 9.29 Å². The molecule has 5 heteroatoms. The van der Waals surface area contributed by atoms with Crippen molar-refractivity contribution in [3.63, 3.8) is 0 Å². The van der Waals surface area contributed by atoms with Crippen molar-refractivity contribution < 1.29 is 13.7 Å². The first-order chi connectivity index (χ1) is 9.66. The summed E-state index contributed by atoms with van der Waals surface area (Å²) in [6, 6.07) is 6.41. The molecule has 0 aromatic heterocycles. The Morgan fingerprint density at radius 2 is 1.90 bits per heavy atom. The maximum atomic E-state index is 14.2. The molecule has 21 heavy (non-hydrogen) atoms. The van der Waals surface area contributed by atoms with Crippen molar-refractivity contribution >= 4 is 11.4 Å². The van der Waals surface area contributed by atoms with E-state index in [1.165, 1.54) is 13.2 Å². The molecule has 0 fully saturated rings. The van der Waals surface area contributed by atoms with Crippen LogP contribution in [-0.4, -0.2) is 22.5 Å². The Morgan fingerprint density at radius 1 is 1.33 bits per heavy atom. The average molecular weight is 313 g/mol. The Bertz CT molecular complexity index is 489. The van der Waals surface area contributed by atoms with E-state index in [0.717, 1.165) is 0 Å². The highest BCUT2D eigenvalue weighted by atomic mass is 32.2. The Kier molecular flexibility index (Phi) is 5.99. The number of ether oxygens (including phenoxy) is 1. The van der Waals surface area contributed by atoms with Crippen molar-refractivity contribution in [1.82, 2.24) is 4.72 Å². The fourth-order valence-electron chi connectivity index (χ4n) is 2.06. The second-order valence-corrected chi connectivity index (χ2v) is 8.02. The zero-order valence-corrected chi connectivity index (χ0v) is 14.1. The minimum Gasteiger partial charge on any atom is -0.598 e. The van der Waals surface area contributed by atoms with Crippen LogP contribution in [0.1, 0.15) is 33.3 Å². The zero-order chi connectivity index (χ0) is 16.3. The maximum Gasteiger partial charge on any atom is 0.136 e. The van der Waals surface area contributed by atoms with E-state index in [9.17, 15) is 8.94 Å². The van der Waals surface area contributed by atoms with Gasteiger partial charge in [0.1, 0.15) is 22.2 Å². The molecular formula is C16H24FNO2S.